The van der Waals surface area contributed by atoms with Gasteiger partial charge in [-0.2, -0.15) is 0 Å². The van der Waals surface area contributed by atoms with E-state index in [0.29, 0.717) is 11.4 Å². The second kappa shape index (κ2) is 7.82. The highest BCUT2D eigenvalue weighted by Gasteiger charge is 2.47. The third-order valence-corrected chi connectivity index (χ3v) is 4.83. The monoisotopic (exact) mass is 362 g/mol. The summed E-state index contributed by atoms with van der Waals surface area (Å²) in [5.41, 5.74) is 0.714. The van der Waals surface area contributed by atoms with Gasteiger partial charge in [0.2, 0.25) is 5.91 Å². The molecule has 0 aromatic carbocycles. The quantitative estimate of drug-likeness (QED) is 0.688. The molecule has 4 atom stereocenters. The van der Waals surface area contributed by atoms with Crippen molar-refractivity contribution in [3.05, 3.63) is 23.9 Å². The number of anilines is 1. The Kier molecular flexibility index (Phi) is 5.97. The highest BCUT2D eigenvalue weighted by atomic mass is 16.4. The molecule has 0 spiro atoms. The van der Waals surface area contributed by atoms with Crippen molar-refractivity contribution in [2.75, 3.05) is 11.9 Å². The number of carboxylic acid groups (broad SMARTS) is 1. The molecule has 2 rings (SSSR count). The number of amides is 2. The van der Waals surface area contributed by atoms with Crippen molar-refractivity contribution in [3.63, 3.8) is 0 Å². The maximum atomic E-state index is 13.2. The van der Waals surface area contributed by atoms with E-state index in [0.717, 1.165) is 0 Å². The second-order valence-corrected chi connectivity index (χ2v) is 6.94. The predicted octanol–water partition coefficient (Wildman–Crippen LogP) is 0.734. The van der Waals surface area contributed by atoms with Crippen LogP contribution in [0.2, 0.25) is 0 Å². The van der Waals surface area contributed by atoms with E-state index in [9.17, 15) is 19.5 Å². The predicted molar refractivity (Wildman–Crippen MR) is 96.9 cm³/mol. The molecule has 2 unspecified atom stereocenters. The zero-order valence-corrected chi connectivity index (χ0v) is 15.7. The Morgan fingerprint density at radius 1 is 1.27 bits per heavy atom. The van der Waals surface area contributed by atoms with Gasteiger partial charge in [0.1, 0.15) is 17.9 Å². The van der Waals surface area contributed by atoms with E-state index in [-0.39, 0.29) is 17.7 Å². The molecule has 1 aliphatic heterocycles. The fraction of sp³-hybridized carbons (Fsp3) is 0.556. The van der Waals surface area contributed by atoms with E-state index in [1.54, 1.807) is 33.0 Å². The van der Waals surface area contributed by atoms with Gasteiger partial charge in [-0.3, -0.25) is 14.5 Å². The number of carbonyl (C=O) groups is 3. The highest BCUT2D eigenvalue weighted by molar-refractivity contribution is 6.05. The van der Waals surface area contributed by atoms with E-state index < -0.39 is 30.0 Å². The molecule has 0 radical (unpaired) electrons. The highest BCUT2D eigenvalue weighted by Crippen LogP contribution is 2.39. The van der Waals surface area contributed by atoms with E-state index in [2.05, 4.69) is 15.6 Å². The van der Waals surface area contributed by atoms with Crippen LogP contribution in [0, 0.1) is 5.92 Å². The standard InChI is InChI=1S/C18H26N4O4/c1-9(2)13(21-16(23)11(4)19-5)17(24)22-14(18(25)26)10(3)12-7-6-8-20-15(12)22/h6-11,13-14,19H,1-5H3,(H,21,23)(H,25,26)/t10?,11-,13-,14?/m0/s1. The van der Waals surface area contributed by atoms with E-state index >= 15 is 0 Å². The van der Waals surface area contributed by atoms with Crippen molar-refractivity contribution in [1.29, 1.82) is 0 Å². The third kappa shape index (κ3) is 3.55. The van der Waals surface area contributed by atoms with Crippen LogP contribution in [0.1, 0.15) is 39.2 Å². The lowest BCUT2D eigenvalue weighted by Gasteiger charge is -2.30. The van der Waals surface area contributed by atoms with Gasteiger partial charge >= 0.3 is 5.97 Å². The first-order valence-corrected chi connectivity index (χ1v) is 8.69. The Morgan fingerprint density at radius 2 is 1.92 bits per heavy atom. The van der Waals surface area contributed by atoms with Crippen molar-refractivity contribution in [2.24, 2.45) is 5.92 Å². The minimum atomic E-state index is -1.10. The molecule has 0 saturated heterocycles. The lowest BCUT2D eigenvalue weighted by Crippen LogP contribution is -2.57. The van der Waals surface area contributed by atoms with Crippen LogP contribution < -0.4 is 15.5 Å². The minimum absolute atomic E-state index is 0.215. The minimum Gasteiger partial charge on any atom is -0.480 e. The smallest absolute Gasteiger partial charge is 0.327 e. The number of nitrogens with zero attached hydrogens (tertiary/aromatic N) is 2. The molecule has 2 amide bonds. The number of hydrogen-bond donors (Lipinski definition) is 3. The molecule has 26 heavy (non-hydrogen) atoms. The average Bonchev–Trinajstić information content (AvgIpc) is 2.91. The van der Waals surface area contributed by atoms with Crippen molar-refractivity contribution in [1.82, 2.24) is 15.6 Å². The number of hydrogen-bond acceptors (Lipinski definition) is 5. The van der Waals surface area contributed by atoms with Gasteiger partial charge < -0.3 is 15.7 Å². The number of aromatic nitrogens is 1. The molecular formula is C18H26N4O4. The number of likely N-dealkylation sites (N-methyl/N-ethyl adjacent to an activating group) is 1. The van der Waals surface area contributed by atoms with Crippen LogP contribution in [0.4, 0.5) is 5.82 Å². The van der Waals surface area contributed by atoms with Gasteiger partial charge in [-0.15, -0.1) is 0 Å². The molecule has 3 N–H and O–H groups in total. The average molecular weight is 362 g/mol. The first-order chi connectivity index (χ1) is 12.2. The number of fused-ring (bicyclic) bond motifs is 1. The van der Waals surface area contributed by atoms with Crippen molar-refractivity contribution < 1.29 is 19.5 Å². The Morgan fingerprint density at radius 3 is 2.46 bits per heavy atom. The molecule has 2 heterocycles. The topological polar surface area (TPSA) is 112 Å². The number of nitrogens with one attached hydrogen (secondary N) is 2. The maximum Gasteiger partial charge on any atom is 0.327 e. The summed E-state index contributed by atoms with van der Waals surface area (Å²) in [7, 11) is 1.65. The summed E-state index contributed by atoms with van der Waals surface area (Å²) >= 11 is 0. The maximum absolute atomic E-state index is 13.2. The van der Waals surface area contributed by atoms with Gasteiger partial charge in [-0.1, -0.05) is 26.8 Å². The van der Waals surface area contributed by atoms with Crippen molar-refractivity contribution in [2.45, 2.75) is 51.7 Å². The molecule has 0 saturated carbocycles. The van der Waals surface area contributed by atoms with Crippen LogP contribution in [-0.2, 0) is 14.4 Å². The largest absolute Gasteiger partial charge is 0.480 e. The molecule has 142 valence electrons. The molecule has 8 heteroatoms. The first kappa shape index (κ1) is 19.8. The molecule has 1 aliphatic rings. The number of carboxylic acids is 1. The summed E-state index contributed by atoms with van der Waals surface area (Å²) in [5.74, 6) is -2.14. The lowest BCUT2D eigenvalue weighted by atomic mass is 9.97. The summed E-state index contributed by atoms with van der Waals surface area (Å²) in [5, 5.41) is 15.2. The number of aliphatic carboxylic acids is 1. The normalized spacial score (nSPS) is 21.2. The Bertz CT molecular complexity index is 706. The fourth-order valence-electron chi connectivity index (χ4n) is 3.13. The van der Waals surface area contributed by atoms with Crippen LogP contribution in [0.15, 0.2) is 18.3 Å². The number of pyridine rings is 1. The van der Waals surface area contributed by atoms with Crippen LogP contribution in [0.25, 0.3) is 0 Å². The summed E-state index contributed by atoms with van der Waals surface area (Å²) in [6.07, 6.45) is 1.53. The molecular weight excluding hydrogens is 336 g/mol. The van der Waals surface area contributed by atoms with Gasteiger partial charge in [0.15, 0.2) is 0 Å². The van der Waals surface area contributed by atoms with E-state index in [1.165, 1.54) is 11.1 Å². The summed E-state index contributed by atoms with van der Waals surface area (Å²) in [6.45, 7) is 7.06. The van der Waals surface area contributed by atoms with Crippen LogP contribution in [0.3, 0.4) is 0 Å². The molecule has 1 aromatic rings. The Labute approximate surface area is 153 Å². The molecule has 8 nitrogen and oxygen atoms in total. The van der Waals surface area contributed by atoms with Gasteiger partial charge in [-0.25, -0.2) is 9.78 Å². The van der Waals surface area contributed by atoms with Gasteiger partial charge in [0.05, 0.1) is 6.04 Å². The number of carbonyl (C=O) groups excluding carboxylic acids is 2. The zero-order chi connectivity index (χ0) is 19.6. The second-order valence-electron chi connectivity index (χ2n) is 6.94. The summed E-state index contributed by atoms with van der Waals surface area (Å²) < 4.78 is 0. The SMILES string of the molecule is CN[C@@H](C)C(=O)N[C@H](C(=O)N1c2ncccc2C(C)C1C(=O)O)C(C)C. The lowest BCUT2D eigenvalue weighted by molar-refractivity contribution is -0.140. The number of rotatable bonds is 6. The molecule has 0 aliphatic carbocycles. The van der Waals surface area contributed by atoms with Crippen molar-refractivity contribution >= 4 is 23.6 Å². The molecule has 0 bridgehead atoms. The van der Waals surface area contributed by atoms with Gasteiger partial charge in [0.25, 0.3) is 5.91 Å². The summed E-state index contributed by atoms with van der Waals surface area (Å²) in [4.78, 5) is 42.8. The van der Waals surface area contributed by atoms with Crippen molar-refractivity contribution in [3.8, 4) is 0 Å². The van der Waals surface area contributed by atoms with Crippen LogP contribution in [-0.4, -0.2) is 53.0 Å². The summed E-state index contributed by atoms with van der Waals surface area (Å²) in [6, 6.07) is 1.13. The first-order valence-electron chi connectivity index (χ1n) is 8.69. The van der Waals surface area contributed by atoms with Gasteiger partial charge in [-0.05, 0) is 26.0 Å². The molecule has 0 fully saturated rings. The third-order valence-electron chi connectivity index (χ3n) is 4.83. The van der Waals surface area contributed by atoms with Crippen LogP contribution in [0.5, 0.6) is 0 Å². The molecule has 1 aromatic heterocycles. The fourth-order valence-corrected chi connectivity index (χ4v) is 3.13. The zero-order valence-electron chi connectivity index (χ0n) is 15.7. The van der Waals surface area contributed by atoms with E-state index in [4.69, 9.17) is 0 Å². The Hall–Kier alpha value is -2.48. The van der Waals surface area contributed by atoms with E-state index in [1.807, 2.05) is 13.8 Å². The Balaban J connectivity index is 2.40. The van der Waals surface area contributed by atoms with Gasteiger partial charge in [0, 0.05) is 17.7 Å². The van der Waals surface area contributed by atoms with Crippen LogP contribution >= 0.6 is 0 Å².